The highest BCUT2D eigenvalue weighted by Crippen LogP contribution is 2.43. The lowest BCUT2D eigenvalue weighted by Gasteiger charge is -2.21. The van der Waals surface area contributed by atoms with Crippen LogP contribution in [-0.4, -0.2) is 47.8 Å². The van der Waals surface area contributed by atoms with Crippen molar-refractivity contribution in [3.05, 3.63) is 40.4 Å². The monoisotopic (exact) mass is 457 g/mol. The first-order valence-corrected chi connectivity index (χ1v) is 10.5. The highest BCUT2D eigenvalue weighted by Gasteiger charge is 2.44. The van der Waals surface area contributed by atoms with Gasteiger partial charge in [-0.05, 0) is 45.2 Å². The molecule has 1 aromatic heterocycles. The first-order chi connectivity index (χ1) is 15.1. The van der Waals surface area contributed by atoms with Gasteiger partial charge in [0, 0.05) is 24.0 Å². The molecule has 1 fully saturated rings. The fraction of sp³-hybridized carbons (Fsp3) is 0.591. The van der Waals surface area contributed by atoms with Gasteiger partial charge in [-0.2, -0.15) is 13.2 Å². The molecule has 7 nitrogen and oxygen atoms in total. The lowest BCUT2D eigenvalue weighted by atomic mass is 9.83. The fourth-order valence-corrected chi connectivity index (χ4v) is 4.07. The summed E-state index contributed by atoms with van der Waals surface area (Å²) in [6, 6.07) is 1.66. The number of halogens is 3. The van der Waals surface area contributed by atoms with Crippen LogP contribution in [0.25, 0.3) is 0 Å². The summed E-state index contributed by atoms with van der Waals surface area (Å²) in [5.74, 6) is -2.19. The smallest absolute Gasteiger partial charge is 0.433 e. The van der Waals surface area contributed by atoms with Gasteiger partial charge in [0.1, 0.15) is 17.0 Å². The second-order valence-electron chi connectivity index (χ2n) is 7.80. The number of nitrogens with zero attached hydrogens (tertiary/aromatic N) is 1. The second-order valence-corrected chi connectivity index (χ2v) is 7.80. The molecule has 1 saturated carbocycles. The van der Waals surface area contributed by atoms with Gasteiger partial charge >= 0.3 is 6.18 Å². The summed E-state index contributed by atoms with van der Waals surface area (Å²) in [6.45, 7) is 3.72. The summed E-state index contributed by atoms with van der Waals surface area (Å²) in [4.78, 5) is 29.4. The summed E-state index contributed by atoms with van der Waals surface area (Å²) in [5, 5.41) is 10.5. The number of aliphatic hydroxyl groups is 1. The lowest BCUT2D eigenvalue weighted by Crippen LogP contribution is -2.28. The van der Waals surface area contributed by atoms with Crippen LogP contribution >= 0.6 is 0 Å². The molecule has 0 radical (unpaired) electrons. The van der Waals surface area contributed by atoms with Gasteiger partial charge in [0.25, 0.3) is 0 Å². The van der Waals surface area contributed by atoms with E-state index in [1.165, 1.54) is 0 Å². The largest absolute Gasteiger partial charge is 0.511 e. The molecule has 0 aromatic carbocycles. The van der Waals surface area contributed by atoms with Gasteiger partial charge in [-0.25, -0.2) is 4.98 Å². The Kier molecular flexibility index (Phi) is 7.68. The number of rotatable bonds is 10. The maximum absolute atomic E-state index is 13.2. The molecule has 10 heteroatoms. The number of carbonyl (C=O) groups is 2. The third-order valence-electron chi connectivity index (χ3n) is 5.65. The summed E-state index contributed by atoms with van der Waals surface area (Å²) >= 11 is 0. The van der Waals surface area contributed by atoms with E-state index >= 15 is 0 Å². The first kappa shape index (κ1) is 24.3. The van der Waals surface area contributed by atoms with Crippen LogP contribution in [0, 0.1) is 11.8 Å². The molecule has 3 atom stereocenters. The van der Waals surface area contributed by atoms with Crippen LogP contribution in [0.4, 0.5) is 13.2 Å². The Morgan fingerprint density at radius 3 is 2.62 bits per heavy atom. The highest BCUT2D eigenvalue weighted by molar-refractivity contribution is 6.28. The maximum Gasteiger partial charge on any atom is 0.433 e. The zero-order valence-corrected chi connectivity index (χ0v) is 17.9. The number of alkyl halides is 3. The second kappa shape index (κ2) is 10.1. The summed E-state index contributed by atoms with van der Waals surface area (Å²) in [7, 11) is 0. The Labute approximate surface area is 183 Å². The van der Waals surface area contributed by atoms with E-state index in [4.69, 9.17) is 14.2 Å². The number of aliphatic hydroxyl groups excluding tert-OH is 1. The zero-order valence-electron chi connectivity index (χ0n) is 17.9. The minimum absolute atomic E-state index is 0.0278. The van der Waals surface area contributed by atoms with Gasteiger partial charge in [-0.1, -0.05) is 0 Å². The summed E-state index contributed by atoms with van der Waals surface area (Å²) < 4.78 is 55.4. The van der Waals surface area contributed by atoms with Crippen molar-refractivity contribution in [2.24, 2.45) is 11.8 Å². The minimum Gasteiger partial charge on any atom is -0.511 e. The minimum atomic E-state index is -4.71. The van der Waals surface area contributed by atoms with Crippen molar-refractivity contribution in [3.8, 4) is 0 Å². The lowest BCUT2D eigenvalue weighted by molar-refractivity contribution is -0.142. The first-order valence-electron chi connectivity index (χ1n) is 10.5. The van der Waals surface area contributed by atoms with Gasteiger partial charge in [-0.3, -0.25) is 9.59 Å². The van der Waals surface area contributed by atoms with E-state index in [0.29, 0.717) is 31.9 Å². The molecule has 1 aromatic rings. The van der Waals surface area contributed by atoms with Crippen LogP contribution < -0.4 is 0 Å². The Balaban J connectivity index is 1.80. The average Bonchev–Trinajstić information content (AvgIpc) is 3.19. The number of aromatic nitrogens is 1. The number of hydrogen-bond acceptors (Lipinski definition) is 7. The van der Waals surface area contributed by atoms with Gasteiger partial charge in [0.15, 0.2) is 12.1 Å². The molecule has 0 spiro atoms. The molecule has 2 aliphatic rings. The summed E-state index contributed by atoms with van der Waals surface area (Å²) in [5.41, 5.74) is -1.98. The van der Waals surface area contributed by atoms with E-state index in [0.717, 1.165) is 6.07 Å². The number of ether oxygens (including phenoxy) is 3. The van der Waals surface area contributed by atoms with E-state index in [-0.39, 0.29) is 47.6 Å². The molecule has 32 heavy (non-hydrogen) atoms. The van der Waals surface area contributed by atoms with Gasteiger partial charge < -0.3 is 19.3 Å². The van der Waals surface area contributed by atoms with E-state index in [1.807, 2.05) is 6.92 Å². The molecule has 1 heterocycles. The van der Waals surface area contributed by atoms with Crippen molar-refractivity contribution >= 4 is 11.6 Å². The van der Waals surface area contributed by atoms with Gasteiger partial charge in [-0.15, -0.1) is 0 Å². The van der Waals surface area contributed by atoms with Crippen molar-refractivity contribution in [1.82, 2.24) is 4.98 Å². The molecule has 0 amide bonds. The summed E-state index contributed by atoms with van der Waals surface area (Å²) in [6.07, 6.45) is -3.52. The molecule has 0 aliphatic heterocycles. The van der Waals surface area contributed by atoms with Crippen LogP contribution in [0.1, 0.15) is 54.9 Å². The molecule has 0 saturated heterocycles. The number of allylic oxidation sites excluding steroid dienone is 2. The topological polar surface area (TPSA) is 94.9 Å². The number of carbonyl (C=O) groups excluding carboxylic acids is 2. The quantitative estimate of drug-likeness (QED) is 0.246. The van der Waals surface area contributed by atoms with Crippen molar-refractivity contribution in [2.45, 2.75) is 52.2 Å². The van der Waals surface area contributed by atoms with Crippen LogP contribution in [-0.2, 0) is 31.8 Å². The predicted octanol–water partition coefficient (Wildman–Crippen LogP) is 4.01. The molecule has 2 bridgehead atoms. The number of hydrogen-bond donors (Lipinski definition) is 1. The standard InChI is InChI=1S/C22H26F3NO6/c1-3-31-12(2)32-9-8-30-11-16-15(6-7-17(26-16)22(23,24)25)21(29)18-19(27)13-4-5-14(10-13)20(18)28/h6-7,12-14,27H,3-5,8-11H2,1-2H3. The van der Waals surface area contributed by atoms with Crippen LogP contribution in [0.5, 0.6) is 0 Å². The number of pyridine rings is 1. The third-order valence-corrected chi connectivity index (χ3v) is 5.65. The SMILES string of the molecule is CCOC(C)OCCOCc1nc(C(F)(F)F)ccc1C(=O)C1=C(O)C2CCC(C2)C1=O. The number of Topliss-reactive ketones (excluding diaryl/α,β-unsaturated/α-hetero) is 2. The van der Waals surface area contributed by atoms with E-state index in [9.17, 15) is 27.9 Å². The molecular formula is C22H26F3NO6. The maximum atomic E-state index is 13.2. The predicted molar refractivity (Wildman–Crippen MR) is 106 cm³/mol. The molecule has 3 unspecified atom stereocenters. The molecular weight excluding hydrogens is 431 g/mol. The number of fused-ring (bicyclic) bond motifs is 2. The highest BCUT2D eigenvalue weighted by atomic mass is 19.4. The van der Waals surface area contributed by atoms with Crippen LogP contribution in [0.3, 0.4) is 0 Å². The van der Waals surface area contributed by atoms with Crippen LogP contribution in [0.15, 0.2) is 23.5 Å². The van der Waals surface area contributed by atoms with Crippen molar-refractivity contribution in [1.29, 1.82) is 0 Å². The third kappa shape index (κ3) is 5.36. The van der Waals surface area contributed by atoms with Crippen molar-refractivity contribution < 1.29 is 42.1 Å². The Bertz CT molecular complexity index is 898. The van der Waals surface area contributed by atoms with Gasteiger partial charge in [0.05, 0.1) is 25.5 Å². The average molecular weight is 457 g/mol. The Morgan fingerprint density at radius 2 is 1.94 bits per heavy atom. The molecule has 2 aliphatic carbocycles. The van der Waals surface area contributed by atoms with E-state index in [1.54, 1.807) is 6.92 Å². The fourth-order valence-electron chi connectivity index (χ4n) is 4.07. The van der Waals surface area contributed by atoms with Crippen LogP contribution in [0.2, 0.25) is 0 Å². The molecule has 176 valence electrons. The normalized spacial score (nSPS) is 21.8. The van der Waals surface area contributed by atoms with Crippen molar-refractivity contribution in [3.63, 3.8) is 0 Å². The van der Waals surface area contributed by atoms with Crippen molar-refractivity contribution in [2.75, 3.05) is 19.8 Å². The Morgan fingerprint density at radius 1 is 1.22 bits per heavy atom. The van der Waals surface area contributed by atoms with E-state index < -0.39 is 36.3 Å². The molecule has 3 rings (SSSR count). The van der Waals surface area contributed by atoms with E-state index in [2.05, 4.69) is 4.98 Å². The number of ketones is 2. The zero-order chi connectivity index (χ0) is 23.5. The molecule has 1 N–H and O–H groups in total. The van der Waals surface area contributed by atoms with Gasteiger partial charge in [0.2, 0.25) is 5.78 Å². The Hall–Kier alpha value is -2.30.